The Morgan fingerprint density at radius 1 is 1.17 bits per heavy atom. The van der Waals surface area contributed by atoms with Crippen molar-refractivity contribution < 1.29 is 23.7 Å². The highest BCUT2D eigenvalue weighted by molar-refractivity contribution is 9.10. The molecule has 1 heterocycles. The van der Waals surface area contributed by atoms with Gasteiger partial charge in [-0.05, 0) is 42.5 Å². The molecule has 0 unspecified atom stereocenters. The number of hydrogen-bond donors (Lipinski definition) is 1. The van der Waals surface area contributed by atoms with Crippen LogP contribution in [0, 0.1) is 10.1 Å². The number of nitro groups is 1. The lowest BCUT2D eigenvalue weighted by Gasteiger charge is -2.07. The van der Waals surface area contributed by atoms with E-state index in [0.29, 0.717) is 5.56 Å². The SMILES string of the molecule is O=C(Oc1ccc([N+](=O)[O-])cc1/C=N/NC(=O)c1ccco1)c1ccc(Br)cc1. The highest BCUT2D eigenvalue weighted by Gasteiger charge is 2.15. The zero-order valence-electron chi connectivity index (χ0n) is 14.6. The monoisotopic (exact) mass is 457 g/mol. The summed E-state index contributed by atoms with van der Waals surface area (Å²) in [6.45, 7) is 0. The average Bonchev–Trinajstić information content (AvgIpc) is 3.24. The van der Waals surface area contributed by atoms with Crippen LogP contribution in [0.5, 0.6) is 5.75 Å². The van der Waals surface area contributed by atoms with E-state index in [0.717, 1.165) is 10.7 Å². The van der Waals surface area contributed by atoms with Gasteiger partial charge in [0.25, 0.3) is 5.69 Å². The Morgan fingerprint density at radius 2 is 1.93 bits per heavy atom. The van der Waals surface area contributed by atoms with Gasteiger partial charge in [0.05, 0.1) is 23.0 Å². The topological polar surface area (TPSA) is 124 Å². The van der Waals surface area contributed by atoms with Crippen LogP contribution in [0.15, 0.2) is 74.9 Å². The van der Waals surface area contributed by atoms with Gasteiger partial charge in [-0.25, -0.2) is 10.2 Å². The van der Waals surface area contributed by atoms with E-state index >= 15 is 0 Å². The first kappa shape index (κ1) is 20.0. The molecule has 1 N–H and O–H groups in total. The summed E-state index contributed by atoms with van der Waals surface area (Å²) in [5.41, 5.74) is 2.41. The van der Waals surface area contributed by atoms with Crippen LogP contribution in [-0.2, 0) is 0 Å². The Kier molecular flexibility index (Phi) is 6.15. The van der Waals surface area contributed by atoms with Crippen molar-refractivity contribution in [3.63, 3.8) is 0 Å². The standard InChI is InChI=1S/C19H12BrN3O6/c20-14-5-3-12(4-6-14)19(25)29-16-8-7-15(23(26)27)10-13(16)11-21-22-18(24)17-2-1-9-28-17/h1-11H,(H,22,24)/b21-11+. The van der Waals surface area contributed by atoms with Gasteiger partial charge in [-0.3, -0.25) is 14.9 Å². The molecular formula is C19H12BrN3O6. The second kappa shape index (κ2) is 8.93. The molecule has 2 aromatic carbocycles. The molecule has 0 spiro atoms. The fourth-order valence-corrected chi connectivity index (χ4v) is 2.48. The number of non-ortho nitro benzene ring substituents is 1. The quantitative estimate of drug-likeness (QED) is 0.196. The molecule has 3 aromatic rings. The molecular weight excluding hydrogens is 446 g/mol. The Morgan fingerprint density at radius 3 is 2.59 bits per heavy atom. The molecule has 10 heteroatoms. The minimum atomic E-state index is -0.652. The van der Waals surface area contributed by atoms with Gasteiger partial charge in [0.15, 0.2) is 5.76 Å². The summed E-state index contributed by atoms with van der Waals surface area (Å²) in [7, 11) is 0. The molecule has 3 rings (SSSR count). The number of amides is 1. The van der Waals surface area contributed by atoms with E-state index in [1.807, 2.05) is 0 Å². The third kappa shape index (κ3) is 5.14. The molecule has 1 amide bonds. The van der Waals surface area contributed by atoms with Gasteiger partial charge in [-0.1, -0.05) is 15.9 Å². The van der Waals surface area contributed by atoms with Gasteiger partial charge in [-0.2, -0.15) is 5.10 Å². The van der Waals surface area contributed by atoms with Crippen LogP contribution in [-0.4, -0.2) is 23.0 Å². The van der Waals surface area contributed by atoms with Gasteiger partial charge in [-0.15, -0.1) is 0 Å². The summed E-state index contributed by atoms with van der Waals surface area (Å²) in [5, 5.41) is 14.8. The normalized spacial score (nSPS) is 10.7. The first-order valence-electron chi connectivity index (χ1n) is 8.07. The lowest BCUT2D eigenvalue weighted by Crippen LogP contribution is -2.17. The number of carbonyl (C=O) groups is 2. The van der Waals surface area contributed by atoms with Crippen molar-refractivity contribution in [2.45, 2.75) is 0 Å². The minimum absolute atomic E-state index is 0.0412. The van der Waals surface area contributed by atoms with Crippen molar-refractivity contribution in [2.75, 3.05) is 0 Å². The molecule has 0 bridgehead atoms. The van der Waals surface area contributed by atoms with Gasteiger partial charge in [0, 0.05) is 22.2 Å². The fourth-order valence-electron chi connectivity index (χ4n) is 2.21. The van der Waals surface area contributed by atoms with Crippen molar-refractivity contribution in [2.24, 2.45) is 5.10 Å². The van der Waals surface area contributed by atoms with Crippen molar-refractivity contribution >= 4 is 39.7 Å². The van der Waals surface area contributed by atoms with Crippen LogP contribution in [0.1, 0.15) is 26.5 Å². The number of nitrogens with one attached hydrogen (secondary N) is 1. The van der Waals surface area contributed by atoms with Crippen LogP contribution in [0.4, 0.5) is 5.69 Å². The molecule has 0 atom stereocenters. The molecule has 0 aliphatic heterocycles. The lowest BCUT2D eigenvalue weighted by atomic mass is 10.2. The van der Waals surface area contributed by atoms with Crippen LogP contribution < -0.4 is 10.2 Å². The van der Waals surface area contributed by atoms with Crippen molar-refractivity contribution in [1.29, 1.82) is 0 Å². The number of carbonyl (C=O) groups excluding carboxylic acids is 2. The largest absolute Gasteiger partial charge is 0.459 e. The van der Waals surface area contributed by atoms with Gasteiger partial charge < -0.3 is 9.15 Å². The number of ether oxygens (including phenoxy) is 1. The predicted octanol–water partition coefficient (Wildman–Crippen LogP) is 3.93. The summed E-state index contributed by atoms with van der Waals surface area (Å²) in [5.74, 6) is -1.17. The molecule has 0 radical (unpaired) electrons. The number of nitrogens with zero attached hydrogens (tertiary/aromatic N) is 2. The van der Waals surface area contributed by atoms with Crippen molar-refractivity contribution in [3.05, 3.63) is 92.3 Å². The fraction of sp³-hybridized carbons (Fsp3) is 0. The Balaban J connectivity index is 1.81. The molecule has 0 fully saturated rings. The highest BCUT2D eigenvalue weighted by Crippen LogP contribution is 2.24. The van der Waals surface area contributed by atoms with Crippen LogP contribution in [0.2, 0.25) is 0 Å². The van der Waals surface area contributed by atoms with Crippen LogP contribution in [0.3, 0.4) is 0 Å². The molecule has 1 aromatic heterocycles. The Hall–Kier alpha value is -3.79. The molecule has 146 valence electrons. The Labute approximate surface area is 172 Å². The molecule has 9 nitrogen and oxygen atoms in total. The number of halogens is 1. The number of esters is 1. The van der Waals surface area contributed by atoms with E-state index in [1.165, 1.54) is 30.5 Å². The minimum Gasteiger partial charge on any atom is -0.459 e. The van der Waals surface area contributed by atoms with E-state index in [1.54, 1.807) is 30.3 Å². The van der Waals surface area contributed by atoms with Crippen molar-refractivity contribution in [3.8, 4) is 5.75 Å². The number of benzene rings is 2. The van der Waals surface area contributed by atoms with E-state index in [4.69, 9.17) is 9.15 Å². The smallest absolute Gasteiger partial charge is 0.343 e. The summed E-state index contributed by atoms with van der Waals surface area (Å²) >= 11 is 3.27. The van der Waals surface area contributed by atoms with Gasteiger partial charge in [0.2, 0.25) is 0 Å². The Bertz CT molecular complexity index is 1080. The zero-order valence-corrected chi connectivity index (χ0v) is 16.2. The van der Waals surface area contributed by atoms with Crippen LogP contribution in [0.25, 0.3) is 0 Å². The summed E-state index contributed by atoms with van der Waals surface area (Å²) < 4.78 is 11.1. The van der Waals surface area contributed by atoms with Crippen molar-refractivity contribution in [1.82, 2.24) is 5.43 Å². The lowest BCUT2D eigenvalue weighted by molar-refractivity contribution is -0.384. The second-order valence-electron chi connectivity index (χ2n) is 5.55. The molecule has 0 aliphatic rings. The number of rotatable bonds is 6. The highest BCUT2D eigenvalue weighted by atomic mass is 79.9. The van der Waals surface area contributed by atoms with Gasteiger partial charge >= 0.3 is 11.9 Å². The van der Waals surface area contributed by atoms with E-state index in [-0.39, 0.29) is 22.8 Å². The third-order valence-corrected chi connectivity index (χ3v) is 4.13. The number of hydrazone groups is 1. The maximum absolute atomic E-state index is 12.3. The summed E-state index contributed by atoms with van der Waals surface area (Å²) in [6.07, 6.45) is 2.47. The summed E-state index contributed by atoms with van der Waals surface area (Å²) in [4.78, 5) is 34.6. The number of hydrogen-bond acceptors (Lipinski definition) is 7. The molecule has 0 aliphatic carbocycles. The predicted molar refractivity (Wildman–Crippen MR) is 106 cm³/mol. The number of furan rings is 1. The first-order chi connectivity index (χ1) is 13.9. The number of nitro benzene ring substituents is 1. The van der Waals surface area contributed by atoms with Gasteiger partial charge in [0.1, 0.15) is 5.75 Å². The van der Waals surface area contributed by atoms with E-state index in [2.05, 4.69) is 26.5 Å². The maximum Gasteiger partial charge on any atom is 0.343 e. The molecule has 29 heavy (non-hydrogen) atoms. The summed E-state index contributed by atoms with van der Waals surface area (Å²) in [6, 6.07) is 13.1. The van der Waals surface area contributed by atoms with E-state index < -0.39 is 16.8 Å². The molecule has 0 saturated carbocycles. The van der Waals surface area contributed by atoms with Crippen LogP contribution >= 0.6 is 15.9 Å². The third-order valence-electron chi connectivity index (χ3n) is 3.60. The first-order valence-corrected chi connectivity index (χ1v) is 8.86. The average molecular weight is 458 g/mol. The second-order valence-corrected chi connectivity index (χ2v) is 6.47. The molecule has 0 saturated heterocycles. The maximum atomic E-state index is 12.3. The zero-order chi connectivity index (χ0) is 20.8. The van der Waals surface area contributed by atoms with E-state index in [9.17, 15) is 19.7 Å².